The van der Waals surface area contributed by atoms with Gasteiger partial charge in [0, 0.05) is 0 Å². The van der Waals surface area contributed by atoms with E-state index in [0.29, 0.717) is 23.5 Å². The van der Waals surface area contributed by atoms with Crippen molar-refractivity contribution in [3.8, 4) is 6.07 Å². The maximum Gasteiger partial charge on any atom is 0.342 e. The second kappa shape index (κ2) is 8.70. The van der Waals surface area contributed by atoms with Crippen LogP contribution in [0.5, 0.6) is 0 Å². The summed E-state index contributed by atoms with van der Waals surface area (Å²) in [5.41, 5.74) is 1.63. The van der Waals surface area contributed by atoms with E-state index >= 15 is 0 Å². The van der Waals surface area contributed by atoms with E-state index in [1.807, 2.05) is 44.2 Å². The minimum absolute atomic E-state index is 0.0853. The molecule has 0 aliphatic carbocycles. The molecule has 1 atom stereocenters. The number of carbonyl (C=O) groups excluding carboxylic acids is 2. The van der Waals surface area contributed by atoms with Crippen molar-refractivity contribution in [1.29, 1.82) is 5.26 Å². The van der Waals surface area contributed by atoms with Gasteiger partial charge in [0.1, 0.15) is 11.1 Å². The zero-order valence-electron chi connectivity index (χ0n) is 16.9. The minimum atomic E-state index is -1.02. The van der Waals surface area contributed by atoms with Crippen molar-refractivity contribution in [2.75, 3.05) is 6.61 Å². The molecule has 1 N–H and O–H groups in total. The maximum absolute atomic E-state index is 12.5. The van der Waals surface area contributed by atoms with Gasteiger partial charge in [-0.1, -0.05) is 44.2 Å². The number of esters is 1. The van der Waals surface area contributed by atoms with Gasteiger partial charge >= 0.3 is 5.97 Å². The van der Waals surface area contributed by atoms with Crippen LogP contribution in [0, 0.1) is 31.1 Å². The van der Waals surface area contributed by atoms with Crippen molar-refractivity contribution >= 4 is 11.9 Å². The molecule has 148 valence electrons. The van der Waals surface area contributed by atoms with Gasteiger partial charge in [0.05, 0.1) is 24.0 Å². The molecule has 7 nitrogen and oxygen atoms in total. The topological polar surface area (TPSA) is 97.0 Å². The second-order valence-corrected chi connectivity index (χ2v) is 7.28. The molecule has 1 amide bonds. The zero-order valence-corrected chi connectivity index (χ0v) is 16.9. The lowest BCUT2D eigenvalue weighted by atomic mass is 9.90. The fraction of sp³-hybridized carbons (Fsp3) is 0.429. The lowest BCUT2D eigenvalue weighted by Crippen LogP contribution is -2.50. The van der Waals surface area contributed by atoms with Crippen LogP contribution in [0.15, 0.2) is 30.3 Å². The predicted octanol–water partition coefficient (Wildman–Crippen LogP) is 2.76. The molecule has 0 radical (unpaired) electrons. The monoisotopic (exact) mass is 382 g/mol. The number of hydrogen-bond donors (Lipinski definition) is 1. The fourth-order valence-electron chi connectivity index (χ4n) is 2.73. The van der Waals surface area contributed by atoms with Crippen molar-refractivity contribution in [3.63, 3.8) is 0 Å². The molecule has 1 aromatic carbocycles. The van der Waals surface area contributed by atoms with E-state index in [9.17, 15) is 14.9 Å². The Morgan fingerprint density at radius 2 is 1.93 bits per heavy atom. The largest absolute Gasteiger partial charge is 0.452 e. The number of aromatic nitrogens is 2. The Kier molecular flexibility index (Phi) is 6.57. The summed E-state index contributed by atoms with van der Waals surface area (Å²) >= 11 is 0. The second-order valence-electron chi connectivity index (χ2n) is 7.28. The number of nitriles is 1. The molecule has 0 fully saturated rings. The third-order valence-electron chi connectivity index (χ3n) is 4.88. The number of nitrogens with one attached hydrogen (secondary N) is 1. The molecule has 1 aromatic heterocycles. The van der Waals surface area contributed by atoms with Crippen molar-refractivity contribution in [2.45, 2.75) is 46.7 Å². The van der Waals surface area contributed by atoms with Gasteiger partial charge < -0.3 is 10.1 Å². The highest BCUT2D eigenvalue weighted by Crippen LogP contribution is 2.17. The van der Waals surface area contributed by atoms with Crippen LogP contribution >= 0.6 is 0 Å². The lowest BCUT2D eigenvalue weighted by molar-refractivity contribution is -0.125. The number of nitrogens with zero attached hydrogens (tertiary/aromatic N) is 3. The quantitative estimate of drug-likeness (QED) is 0.743. The first-order chi connectivity index (χ1) is 13.2. The standard InChI is InChI=1S/C21H26N4O3/c1-14(2)21(5,13-22)23-18(26)12-28-20(27)19-15(3)24-25(16(19)4)11-17-9-7-6-8-10-17/h6-10,14H,11-12H2,1-5H3,(H,23,26)/t21-/m1/s1. The van der Waals surface area contributed by atoms with Crippen molar-refractivity contribution in [3.05, 3.63) is 52.8 Å². The summed E-state index contributed by atoms with van der Waals surface area (Å²) in [5, 5.41) is 16.3. The van der Waals surface area contributed by atoms with E-state index in [-0.39, 0.29) is 5.92 Å². The van der Waals surface area contributed by atoms with Gasteiger partial charge in [0.2, 0.25) is 0 Å². The van der Waals surface area contributed by atoms with E-state index in [2.05, 4.69) is 16.5 Å². The number of benzene rings is 1. The predicted molar refractivity (Wildman–Crippen MR) is 105 cm³/mol. The molecule has 0 bridgehead atoms. The summed E-state index contributed by atoms with van der Waals surface area (Å²) in [4.78, 5) is 24.6. The summed E-state index contributed by atoms with van der Waals surface area (Å²) in [5.74, 6) is -1.20. The number of aryl methyl sites for hydroxylation is 1. The Bertz CT molecular complexity index is 896. The Labute approximate surface area is 165 Å². The molecule has 7 heteroatoms. The molecule has 0 spiro atoms. The Morgan fingerprint density at radius 1 is 1.29 bits per heavy atom. The van der Waals surface area contributed by atoms with Crippen LogP contribution in [0.3, 0.4) is 0 Å². The molecule has 0 aliphatic rings. The van der Waals surface area contributed by atoms with Crippen molar-refractivity contribution < 1.29 is 14.3 Å². The van der Waals surface area contributed by atoms with Gasteiger partial charge in [-0.25, -0.2) is 4.79 Å². The Morgan fingerprint density at radius 3 is 2.50 bits per heavy atom. The first-order valence-electron chi connectivity index (χ1n) is 9.15. The molecule has 1 heterocycles. The van der Waals surface area contributed by atoms with E-state index in [4.69, 9.17) is 4.74 Å². The highest BCUT2D eigenvalue weighted by Gasteiger charge is 2.30. The summed E-state index contributed by atoms with van der Waals surface area (Å²) < 4.78 is 6.91. The first-order valence-corrected chi connectivity index (χ1v) is 9.15. The number of carbonyl (C=O) groups is 2. The molecule has 2 aromatic rings. The normalized spacial score (nSPS) is 12.9. The molecule has 0 saturated carbocycles. The van der Waals surface area contributed by atoms with Gasteiger partial charge in [-0.2, -0.15) is 10.4 Å². The lowest BCUT2D eigenvalue weighted by Gasteiger charge is -2.27. The van der Waals surface area contributed by atoms with Crippen molar-refractivity contribution in [2.24, 2.45) is 5.92 Å². The van der Waals surface area contributed by atoms with Crippen LogP contribution < -0.4 is 5.32 Å². The highest BCUT2D eigenvalue weighted by molar-refractivity contribution is 5.93. The smallest absolute Gasteiger partial charge is 0.342 e. The van der Waals surface area contributed by atoms with Crippen LogP contribution in [0.4, 0.5) is 0 Å². The molecular weight excluding hydrogens is 356 g/mol. The third kappa shape index (κ3) is 4.77. The average molecular weight is 382 g/mol. The van der Waals surface area contributed by atoms with E-state index in [1.165, 1.54) is 0 Å². The average Bonchev–Trinajstić information content (AvgIpc) is 2.93. The van der Waals surface area contributed by atoms with Gasteiger partial charge in [-0.3, -0.25) is 9.48 Å². The Hall–Kier alpha value is -3.14. The molecule has 2 rings (SSSR count). The van der Waals surface area contributed by atoms with E-state index in [0.717, 1.165) is 5.56 Å². The number of hydrogen-bond acceptors (Lipinski definition) is 5. The van der Waals surface area contributed by atoms with Crippen LogP contribution in [0.2, 0.25) is 0 Å². The summed E-state index contributed by atoms with van der Waals surface area (Å²) in [6, 6.07) is 11.9. The molecular formula is C21H26N4O3. The van der Waals surface area contributed by atoms with Crippen LogP contribution in [-0.4, -0.2) is 33.8 Å². The van der Waals surface area contributed by atoms with Crippen LogP contribution in [0.1, 0.15) is 48.1 Å². The third-order valence-corrected chi connectivity index (χ3v) is 4.88. The number of ether oxygens (including phenoxy) is 1. The zero-order chi connectivity index (χ0) is 20.9. The first kappa shape index (κ1) is 21.2. The van der Waals surface area contributed by atoms with E-state index in [1.54, 1.807) is 25.5 Å². The highest BCUT2D eigenvalue weighted by atomic mass is 16.5. The van der Waals surface area contributed by atoms with Gasteiger partial charge in [-0.05, 0) is 32.3 Å². The number of amides is 1. The van der Waals surface area contributed by atoms with Gasteiger partial charge in [-0.15, -0.1) is 0 Å². The van der Waals surface area contributed by atoms with Gasteiger partial charge in [0.25, 0.3) is 5.91 Å². The molecule has 0 saturated heterocycles. The van der Waals surface area contributed by atoms with Crippen LogP contribution in [0.25, 0.3) is 0 Å². The fourth-order valence-corrected chi connectivity index (χ4v) is 2.73. The van der Waals surface area contributed by atoms with Gasteiger partial charge in [0.15, 0.2) is 6.61 Å². The molecule has 0 aliphatic heterocycles. The number of rotatable bonds is 7. The van der Waals surface area contributed by atoms with E-state index < -0.39 is 24.0 Å². The SMILES string of the molecule is Cc1nn(Cc2ccccc2)c(C)c1C(=O)OCC(=O)N[C@](C)(C#N)C(C)C. The molecule has 28 heavy (non-hydrogen) atoms. The van der Waals surface area contributed by atoms with Crippen LogP contribution in [-0.2, 0) is 16.1 Å². The summed E-state index contributed by atoms with van der Waals surface area (Å²) in [7, 11) is 0. The summed E-state index contributed by atoms with van der Waals surface area (Å²) in [6.45, 7) is 8.93. The maximum atomic E-state index is 12.5. The molecule has 0 unspecified atom stereocenters. The minimum Gasteiger partial charge on any atom is -0.452 e. The van der Waals surface area contributed by atoms with Crippen molar-refractivity contribution in [1.82, 2.24) is 15.1 Å². The Balaban J connectivity index is 2.05. The summed E-state index contributed by atoms with van der Waals surface area (Å²) in [6.07, 6.45) is 0.